The molecule has 2 aromatic carbocycles. The number of pyridine rings is 1. The van der Waals surface area contributed by atoms with Crippen molar-refractivity contribution < 1.29 is 36.3 Å². The number of rotatable bonds is 6. The molecule has 1 heterocycles. The molecule has 0 aliphatic rings. The van der Waals surface area contributed by atoms with Gasteiger partial charge in [-0.25, -0.2) is 27.2 Å². The molecule has 0 radical (unpaired) electrons. The summed E-state index contributed by atoms with van der Waals surface area (Å²) in [4.78, 5) is 29.0. The van der Waals surface area contributed by atoms with Crippen LogP contribution in [0.3, 0.4) is 0 Å². The second-order valence-electron chi connectivity index (χ2n) is 7.12. The van der Waals surface area contributed by atoms with Crippen molar-refractivity contribution in [2.24, 2.45) is 0 Å². The molecule has 36 heavy (non-hydrogen) atoms. The zero-order valence-corrected chi connectivity index (χ0v) is 20.0. The van der Waals surface area contributed by atoms with Crippen molar-refractivity contribution in [3.8, 4) is 11.6 Å². The van der Waals surface area contributed by atoms with Crippen molar-refractivity contribution in [2.75, 3.05) is 18.4 Å². The first-order valence-electron chi connectivity index (χ1n) is 9.83. The number of nitrogens with one attached hydrogen (secondary N) is 1. The van der Waals surface area contributed by atoms with Crippen LogP contribution in [0.4, 0.5) is 32.4 Å². The molecular weight excluding hydrogens is 531 g/mol. The summed E-state index contributed by atoms with van der Waals surface area (Å²) in [7, 11) is 3.14. The number of amides is 3. The number of carbonyl (C=O) groups excluding carboxylic acids is 2. The molecule has 0 atom stereocenters. The van der Waals surface area contributed by atoms with Crippen molar-refractivity contribution in [2.45, 2.75) is 6.18 Å². The Balaban J connectivity index is 1.93. The van der Waals surface area contributed by atoms with E-state index in [1.54, 1.807) is 14.1 Å². The summed E-state index contributed by atoms with van der Waals surface area (Å²) in [6.45, 7) is 0. The normalized spacial score (nSPS) is 11.4. The Morgan fingerprint density at radius 2 is 1.69 bits per heavy atom. The number of imide groups is 1. The fourth-order valence-electron chi connectivity index (χ4n) is 2.75. The average molecular weight is 547 g/mol. The molecule has 0 spiro atoms. The maximum absolute atomic E-state index is 14.0. The Labute approximate surface area is 211 Å². The molecule has 14 heteroatoms. The first-order chi connectivity index (χ1) is 16.9. The minimum Gasteiger partial charge on any atom is -0.435 e. The molecule has 190 valence electrons. The first kappa shape index (κ1) is 27.2. The topological polar surface area (TPSA) is 74.8 Å². The van der Waals surface area contributed by atoms with Crippen LogP contribution in [-0.2, 0) is 6.18 Å². The molecule has 0 aliphatic heterocycles. The third kappa shape index (κ3) is 6.42. The largest absolute Gasteiger partial charge is 0.435 e. The molecule has 0 bridgehead atoms. The summed E-state index contributed by atoms with van der Waals surface area (Å²) in [5.74, 6) is -4.11. The first-order valence-corrected chi connectivity index (χ1v) is 10.9. The number of nitrogens with zero attached hydrogens (tertiary/aromatic N) is 3. The second-order valence-corrected chi connectivity index (χ2v) is 8.79. The van der Waals surface area contributed by atoms with E-state index in [2.05, 4.69) is 4.98 Å². The van der Waals surface area contributed by atoms with Gasteiger partial charge in [-0.2, -0.15) is 13.2 Å². The highest BCUT2D eigenvalue weighted by Crippen LogP contribution is 2.39. The Morgan fingerprint density at radius 1 is 1.06 bits per heavy atom. The Kier molecular flexibility index (Phi) is 8.38. The quantitative estimate of drug-likeness (QED) is 0.289. The van der Waals surface area contributed by atoms with E-state index >= 15 is 0 Å². The molecule has 7 nitrogen and oxygen atoms in total. The van der Waals surface area contributed by atoms with Crippen molar-refractivity contribution in [1.29, 1.82) is 0 Å². The summed E-state index contributed by atoms with van der Waals surface area (Å²) in [5, 5.41) is 1.46. The van der Waals surface area contributed by atoms with Gasteiger partial charge in [0.05, 0.1) is 5.56 Å². The van der Waals surface area contributed by atoms with Crippen LogP contribution in [0.15, 0.2) is 54.7 Å². The molecule has 0 unspecified atom stereocenters. The minimum absolute atomic E-state index is 0.0215. The van der Waals surface area contributed by atoms with E-state index in [9.17, 15) is 31.5 Å². The second kappa shape index (κ2) is 11.1. The van der Waals surface area contributed by atoms with E-state index in [1.165, 1.54) is 28.6 Å². The summed E-state index contributed by atoms with van der Waals surface area (Å²) in [5.41, 5.74) is -2.02. The highest BCUT2D eigenvalue weighted by molar-refractivity contribution is 7.99. The van der Waals surface area contributed by atoms with Crippen LogP contribution in [0.1, 0.15) is 15.9 Å². The summed E-state index contributed by atoms with van der Waals surface area (Å²) in [6.07, 6.45) is -4.14. The van der Waals surface area contributed by atoms with E-state index in [1.807, 2.05) is 5.32 Å². The van der Waals surface area contributed by atoms with Gasteiger partial charge in [-0.05, 0) is 44.4 Å². The molecule has 1 N–H and O–H groups in total. The number of urea groups is 1. The van der Waals surface area contributed by atoms with Gasteiger partial charge in [0.1, 0.15) is 27.9 Å². The van der Waals surface area contributed by atoms with Gasteiger partial charge in [-0.1, -0.05) is 29.8 Å². The number of carbonyl (C=O) groups is 2. The van der Waals surface area contributed by atoms with Crippen LogP contribution in [0, 0.1) is 11.6 Å². The van der Waals surface area contributed by atoms with Crippen molar-refractivity contribution in [1.82, 2.24) is 14.6 Å². The van der Waals surface area contributed by atoms with Crippen LogP contribution in [0.5, 0.6) is 11.6 Å². The molecule has 0 aliphatic carbocycles. The molecule has 1 aromatic heterocycles. The zero-order valence-electron chi connectivity index (χ0n) is 18.4. The van der Waals surface area contributed by atoms with Crippen LogP contribution in [0.2, 0.25) is 5.02 Å². The standard InChI is InChI=1S/C22H16ClF5N4O3S/c1-31(2)36-32(21(34)30-19(33)18-14(24)6-5-7-15(18)25)16-8-3-4-9-17(16)35-20-13(23)10-12(11-29-20)22(26,27)28/h3-11H,1-2H3,(H,30,33,34). The molecule has 3 aromatic rings. The van der Waals surface area contributed by atoms with E-state index in [0.717, 1.165) is 34.6 Å². The molecule has 0 saturated carbocycles. The summed E-state index contributed by atoms with van der Waals surface area (Å²) in [6, 6.07) is 8.11. The Bertz CT molecular complexity index is 1270. The molecule has 3 amide bonds. The predicted octanol–water partition coefficient (Wildman–Crippen LogP) is 6.31. The number of para-hydroxylation sites is 2. The van der Waals surface area contributed by atoms with Crippen LogP contribution in [0.25, 0.3) is 0 Å². The minimum atomic E-state index is -4.67. The lowest BCUT2D eigenvalue weighted by Gasteiger charge is -2.25. The number of alkyl halides is 3. The van der Waals surface area contributed by atoms with Crippen molar-refractivity contribution >= 4 is 41.4 Å². The number of hydrogen-bond acceptors (Lipinski definition) is 6. The lowest BCUT2D eigenvalue weighted by molar-refractivity contribution is -0.137. The summed E-state index contributed by atoms with van der Waals surface area (Å²) < 4.78 is 74.7. The number of aromatic nitrogens is 1. The lowest BCUT2D eigenvalue weighted by atomic mass is 10.2. The number of benzene rings is 2. The van der Waals surface area contributed by atoms with Crippen LogP contribution < -0.4 is 14.4 Å². The maximum Gasteiger partial charge on any atom is 0.417 e. The van der Waals surface area contributed by atoms with Gasteiger partial charge >= 0.3 is 12.2 Å². The average Bonchev–Trinajstić information content (AvgIpc) is 2.78. The van der Waals surface area contributed by atoms with Crippen LogP contribution in [-0.4, -0.2) is 35.3 Å². The highest BCUT2D eigenvalue weighted by atomic mass is 35.5. The molecule has 0 saturated heterocycles. The zero-order chi connectivity index (χ0) is 26.6. The molecular formula is C22H16ClF5N4O3S. The van der Waals surface area contributed by atoms with Crippen molar-refractivity contribution in [3.63, 3.8) is 0 Å². The molecule has 3 rings (SSSR count). The maximum atomic E-state index is 14.0. The Hall–Kier alpha value is -3.42. The van der Waals surface area contributed by atoms with Gasteiger partial charge in [0.2, 0.25) is 5.88 Å². The fraction of sp³-hybridized carbons (Fsp3) is 0.136. The van der Waals surface area contributed by atoms with Crippen molar-refractivity contribution in [3.05, 3.63) is 82.5 Å². The van der Waals surface area contributed by atoms with Gasteiger partial charge in [0.25, 0.3) is 5.91 Å². The monoisotopic (exact) mass is 546 g/mol. The van der Waals surface area contributed by atoms with Gasteiger partial charge in [-0.3, -0.25) is 10.1 Å². The van der Waals surface area contributed by atoms with E-state index < -0.39 is 45.9 Å². The third-order valence-corrected chi connectivity index (χ3v) is 5.39. The van der Waals surface area contributed by atoms with Gasteiger partial charge in [0, 0.05) is 18.3 Å². The van der Waals surface area contributed by atoms with E-state index in [-0.39, 0.29) is 17.3 Å². The number of ether oxygens (including phenoxy) is 1. The number of anilines is 1. The smallest absolute Gasteiger partial charge is 0.417 e. The van der Waals surface area contributed by atoms with E-state index in [4.69, 9.17) is 16.3 Å². The summed E-state index contributed by atoms with van der Waals surface area (Å²) >= 11 is 6.69. The van der Waals surface area contributed by atoms with Gasteiger partial charge in [-0.15, -0.1) is 0 Å². The molecule has 0 fully saturated rings. The third-order valence-electron chi connectivity index (χ3n) is 4.27. The number of hydrogen-bond donors (Lipinski definition) is 1. The highest BCUT2D eigenvalue weighted by Gasteiger charge is 2.32. The number of halogens is 6. The van der Waals surface area contributed by atoms with Crippen LogP contribution >= 0.6 is 23.7 Å². The predicted molar refractivity (Wildman–Crippen MR) is 124 cm³/mol. The SMILES string of the molecule is CN(C)SN(C(=O)NC(=O)c1c(F)cccc1F)c1ccccc1Oc1ncc(C(F)(F)F)cc1Cl. The van der Waals surface area contributed by atoms with Gasteiger partial charge < -0.3 is 4.74 Å². The van der Waals surface area contributed by atoms with Gasteiger partial charge in [0.15, 0.2) is 5.75 Å². The lowest BCUT2D eigenvalue weighted by Crippen LogP contribution is -2.41. The fourth-order valence-corrected chi connectivity index (χ4v) is 3.64. The van der Waals surface area contributed by atoms with E-state index in [0.29, 0.717) is 12.3 Å². The Morgan fingerprint density at radius 3 is 2.28 bits per heavy atom.